The van der Waals surface area contributed by atoms with Crippen LogP contribution in [0.4, 0.5) is 5.69 Å². The molecular weight excluding hydrogens is 420 g/mol. The number of fused-ring (bicyclic) bond motifs is 3. The Morgan fingerprint density at radius 1 is 1.15 bits per heavy atom. The van der Waals surface area contributed by atoms with E-state index in [4.69, 9.17) is 19.2 Å². The number of benzene rings is 1. The van der Waals surface area contributed by atoms with Crippen molar-refractivity contribution in [3.05, 3.63) is 65.1 Å². The molecule has 4 rings (SSSR count). The molecule has 3 atom stereocenters. The fourth-order valence-electron chi connectivity index (χ4n) is 4.28. The van der Waals surface area contributed by atoms with Crippen molar-refractivity contribution in [2.75, 3.05) is 46.3 Å². The van der Waals surface area contributed by atoms with E-state index in [1.165, 1.54) is 0 Å². The van der Waals surface area contributed by atoms with E-state index >= 15 is 0 Å². The number of imidazole rings is 1. The van der Waals surface area contributed by atoms with Crippen molar-refractivity contribution in [3.63, 3.8) is 0 Å². The number of hydrogen-bond donors (Lipinski definition) is 1. The van der Waals surface area contributed by atoms with E-state index in [0.717, 1.165) is 33.8 Å². The van der Waals surface area contributed by atoms with Gasteiger partial charge in [-0.1, -0.05) is 30.3 Å². The number of likely N-dealkylation sites (N-methyl/N-ethyl adjacent to an activating group) is 1. The zero-order valence-electron chi connectivity index (χ0n) is 19.9. The number of ether oxygens (including phenoxy) is 3. The van der Waals surface area contributed by atoms with E-state index in [9.17, 15) is 4.79 Å². The highest BCUT2D eigenvalue weighted by Gasteiger charge is 2.42. The summed E-state index contributed by atoms with van der Waals surface area (Å²) in [5.41, 5.74) is 5.71. The Bertz CT molecular complexity index is 1110. The number of anilines is 1. The second-order valence-electron chi connectivity index (χ2n) is 8.63. The fraction of sp³-hybridized carbons (Fsp3) is 0.440. The molecule has 0 radical (unpaired) electrons. The van der Waals surface area contributed by atoms with Gasteiger partial charge < -0.3 is 23.9 Å². The van der Waals surface area contributed by atoms with E-state index in [1.807, 2.05) is 63.6 Å². The lowest BCUT2D eigenvalue weighted by atomic mass is 9.88. The Morgan fingerprint density at radius 2 is 1.91 bits per heavy atom. The number of hydrogen-bond acceptors (Lipinski definition) is 7. The highest BCUT2D eigenvalue weighted by molar-refractivity contribution is 5.76. The second-order valence-corrected chi connectivity index (χ2v) is 8.63. The average molecular weight is 453 g/mol. The number of pyridine rings is 1. The molecule has 0 spiro atoms. The molecule has 0 amide bonds. The summed E-state index contributed by atoms with van der Waals surface area (Å²) in [6.07, 6.45) is 0.957. The smallest absolute Gasteiger partial charge is 0.320 e. The van der Waals surface area contributed by atoms with Crippen LogP contribution in [0.15, 0.2) is 42.6 Å². The minimum Gasteiger partial charge on any atom is -0.456 e. The summed E-state index contributed by atoms with van der Waals surface area (Å²) in [5, 5.41) is 3.64. The first-order valence-corrected chi connectivity index (χ1v) is 11.1. The van der Waals surface area contributed by atoms with Crippen LogP contribution in [0.2, 0.25) is 0 Å². The zero-order chi connectivity index (χ0) is 23.5. The van der Waals surface area contributed by atoms with Crippen LogP contribution in [-0.4, -0.2) is 67.3 Å². The molecule has 0 bridgehead atoms. The molecular formula is C25H32N4O4. The third-order valence-electron chi connectivity index (χ3n) is 5.99. The van der Waals surface area contributed by atoms with Crippen LogP contribution in [0.3, 0.4) is 0 Å². The fourth-order valence-corrected chi connectivity index (χ4v) is 4.28. The van der Waals surface area contributed by atoms with Gasteiger partial charge in [0.25, 0.3) is 0 Å². The maximum absolute atomic E-state index is 12.8. The Kier molecular flexibility index (Phi) is 6.97. The van der Waals surface area contributed by atoms with Crippen LogP contribution in [-0.2, 0) is 19.0 Å². The lowest BCUT2D eigenvalue weighted by Gasteiger charge is -2.40. The molecule has 0 unspecified atom stereocenters. The number of nitrogens with zero attached hydrogens (tertiary/aromatic N) is 3. The molecule has 0 aliphatic carbocycles. The Balaban J connectivity index is 1.83. The summed E-state index contributed by atoms with van der Waals surface area (Å²) in [6.45, 7) is 5.06. The molecule has 176 valence electrons. The number of aromatic nitrogens is 2. The van der Waals surface area contributed by atoms with Gasteiger partial charge in [-0.15, -0.1) is 0 Å². The minimum atomic E-state index is -0.566. The Morgan fingerprint density at radius 3 is 2.61 bits per heavy atom. The van der Waals surface area contributed by atoms with Gasteiger partial charge in [-0.2, -0.15) is 0 Å². The van der Waals surface area contributed by atoms with Crippen molar-refractivity contribution in [1.82, 2.24) is 14.3 Å². The number of rotatable bonds is 8. The lowest BCUT2D eigenvalue weighted by Crippen LogP contribution is -2.42. The van der Waals surface area contributed by atoms with E-state index in [1.54, 1.807) is 12.0 Å². The van der Waals surface area contributed by atoms with Gasteiger partial charge in [0.15, 0.2) is 11.8 Å². The van der Waals surface area contributed by atoms with Crippen LogP contribution >= 0.6 is 0 Å². The molecule has 1 aliphatic rings. The summed E-state index contributed by atoms with van der Waals surface area (Å²) >= 11 is 0. The molecule has 1 N–H and O–H groups in total. The molecule has 8 heteroatoms. The monoisotopic (exact) mass is 452 g/mol. The molecule has 8 nitrogen and oxygen atoms in total. The summed E-state index contributed by atoms with van der Waals surface area (Å²) in [5.74, 6) is -0.301. The standard InChI is InChI=1S/C25H32N4O4/c1-16-17(2)29-12-11-19-22(25(29)26-16)27-21(18-9-7-6-8-10-18)24(23(19)32-14-13-31-5)33-20(30)15-28(3)4/h6-12,21,23-24,27H,13-15H2,1-5H3/t21-,23+,24-/m1/s1. The topological polar surface area (TPSA) is 77.3 Å². The van der Waals surface area contributed by atoms with Gasteiger partial charge in [0.2, 0.25) is 0 Å². The SMILES string of the molecule is COCCO[C@H]1c2ccn3c(C)c(C)nc3c2N[C@H](c2ccccc2)[C@H]1OC(=O)CN(C)C. The van der Waals surface area contributed by atoms with Crippen LogP contribution in [0.1, 0.15) is 34.7 Å². The normalized spacial score (nSPS) is 20.0. The van der Waals surface area contributed by atoms with E-state index in [0.29, 0.717) is 13.2 Å². The number of methoxy groups -OCH3 is 1. The molecule has 3 aromatic rings. The predicted molar refractivity (Wildman–Crippen MR) is 126 cm³/mol. The van der Waals surface area contributed by atoms with E-state index in [-0.39, 0.29) is 18.6 Å². The zero-order valence-corrected chi connectivity index (χ0v) is 19.9. The van der Waals surface area contributed by atoms with Crippen LogP contribution in [0.25, 0.3) is 5.65 Å². The van der Waals surface area contributed by atoms with Crippen molar-refractivity contribution in [2.45, 2.75) is 32.1 Å². The summed E-state index contributed by atoms with van der Waals surface area (Å²) in [4.78, 5) is 19.4. The molecule has 1 aliphatic heterocycles. The van der Waals surface area contributed by atoms with Crippen LogP contribution in [0.5, 0.6) is 0 Å². The van der Waals surface area contributed by atoms with Crippen molar-refractivity contribution >= 4 is 17.3 Å². The molecule has 2 aromatic heterocycles. The molecule has 0 saturated heterocycles. The first-order chi connectivity index (χ1) is 15.9. The van der Waals surface area contributed by atoms with Crippen LogP contribution in [0, 0.1) is 13.8 Å². The Labute approximate surface area is 194 Å². The number of carbonyl (C=O) groups excluding carboxylic acids is 1. The van der Waals surface area contributed by atoms with Crippen molar-refractivity contribution < 1.29 is 19.0 Å². The molecule has 1 aromatic carbocycles. The second kappa shape index (κ2) is 9.91. The summed E-state index contributed by atoms with van der Waals surface area (Å²) in [6, 6.07) is 11.7. The number of carbonyl (C=O) groups is 1. The largest absolute Gasteiger partial charge is 0.456 e. The first-order valence-electron chi connectivity index (χ1n) is 11.1. The number of nitrogens with one attached hydrogen (secondary N) is 1. The maximum Gasteiger partial charge on any atom is 0.320 e. The van der Waals surface area contributed by atoms with Crippen molar-refractivity contribution in [2.24, 2.45) is 0 Å². The number of esters is 1. The average Bonchev–Trinajstić information content (AvgIpc) is 3.08. The predicted octanol–water partition coefficient (Wildman–Crippen LogP) is 3.30. The van der Waals surface area contributed by atoms with Crippen LogP contribution < -0.4 is 5.32 Å². The molecule has 3 heterocycles. The molecule has 33 heavy (non-hydrogen) atoms. The molecule has 0 saturated carbocycles. The molecule has 0 fully saturated rings. The Hall–Kier alpha value is -2.94. The highest BCUT2D eigenvalue weighted by atomic mass is 16.6. The highest BCUT2D eigenvalue weighted by Crippen LogP contribution is 2.44. The maximum atomic E-state index is 12.8. The van der Waals surface area contributed by atoms with E-state index in [2.05, 4.69) is 16.6 Å². The van der Waals surface area contributed by atoms with E-state index < -0.39 is 12.2 Å². The third-order valence-corrected chi connectivity index (χ3v) is 5.99. The lowest BCUT2D eigenvalue weighted by molar-refractivity contribution is -0.162. The van der Waals surface area contributed by atoms with Gasteiger partial charge in [-0.05, 0) is 39.6 Å². The number of aryl methyl sites for hydroxylation is 2. The minimum absolute atomic E-state index is 0.188. The van der Waals surface area contributed by atoms with Gasteiger partial charge in [0.1, 0.15) is 6.10 Å². The van der Waals surface area contributed by atoms with Gasteiger partial charge in [-0.3, -0.25) is 9.69 Å². The van der Waals surface area contributed by atoms with Gasteiger partial charge in [-0.25, -0.2) is 4.98 Å². The van der Waals surface area contributed by atoms with Crippen molar-refractivity contribution in [3.8, 4) is 0 Å². The summed E-state index contributed by atoms with van der Waals surface area (Å²) < 4.78 is 19.7. The van der Waals surface area contributed by atoms with Crippen molar-refractivity contribution in [1.29, 1.82) is 0 Å². The summed E-state index contributed by atoms with van der Waals surface area (Å²) in [7, 11) is 5.33. The quantitative estimate of drug-likeness (QED) is 0.415. The van der Waals surface area contributed by atoms with Gasteiger partial charge in [0.05, 0.1) is 37.2 Å². The van der Waals surface area contributed by atoms with Gasteiger partial charge in [0, 0.05) is 24.6 Å². The van der Waals surface area contributed by atoms with Gasteiger partial charge >= 0.3 is 5.97 Å². The first kappa shape index (κ1) is 23.2. The third kappa shape index (κ3) is 4.73.